The SMILES string of the molecule is NC(CO)CNCCC1CCCC1. The maximum absolute atomic E-state index is 8.68. The Kier molecular flexibility index (Phi) is 5.35. The molecule has 13 heavy (non-hydrogen) atoms. The van der Waals surface area contributed by atoms with Crippen molar-refractivity contribution in [2.45, 2.75) is 38.1 Å². The van der Waals surface area contributed by atoms with Crippen LogP contribution in [0.2, 0.25) is 0 Å². The van der Waals surface area contributed by atoms with Gasteiger partial charge < -0.3 is 16.2 Å². The average Bonchev–Trinajstić information content (AvgIpc) is 2.64. The fraction of sp³-hybridized carbons (Fsp3) is 1.00. The molecule has 1 unspecified atom stereocenters. The van der Waals surface area contributed by atoms with Gasteiger partial charge in [0.2, 0.25) is 0 Å². The number of nitrogens with one attached hydrogen (secondary N) is 1. The molecule has 3 heteroatoms. The zero-order valence-electron chi connectivity index (χ0n) is 8.34. The lowest BCUT2D eigenvalue weighted by atomic mass is 10.0. The van der Waals surface area contributed by atoms with E-state index in [9.17, 15) is 0 Å². The summed E-state index contributed by atoms with van der Waals surface area (Å²) in [5, 5.41) is 12.0. The van der Waals surface area contributed by atoms with E-state index in [-0.39, 0.29) is 12.6 Å². The van der Waals surface area contributed by atoms with Crippen LogP contribution in [0.15, 0.2) is 0 Å². The van der Waals surface area contributed by atoms with Gasteiger partial charge in [0, 0.05) is 12.6 Å². The quantitative estimate of drug-likeness (QED) is 0.529. The molecule has 0 aromatic rings. The zero-order chi connectivity index (χ0) is 9.52. The van der Waals surface area contributed by atoms with Crippen molar-refractivity contribution in [1.29, 1.82) is 0 Å². The van der Waals surface area contributed by atoms with Gasteiger partial charge in [-0.05, 0) is 18.9 Å². The molecule has 0 amide bonds. The maximum atomic E-state index is 8.68. The summed E-state index contributed by atoms with van der Waals surface area (Å²) in [6.45, 7) is 1.87. The standard InChI is InChI=1S/C10H22N2O/c11-10(8-13)7-12-6-5-9-3-1-2-4-9/h9-10,12-13H,1-8,11H2. The molecule has 78 valence electrons. The molecule has 0 aromatic carbocycles. The summed E-state index contributed by atoms with van der Waals surface area (Å²) in [5.74, 6) is 0.942. The Labute approximate surface area is 80.7 Å². The van der Waals surface area contributed by atoms with E-state index in [2.05, 4.69) is 5.32 Å². The van der Waals surface area contributed by atoms with Crippen LogP contribution in [0.1, 0.15) is 32.1 Å². The van der Waals surface area contributed by atoms with Crippen LogP contribution in [0, 0.1) is 5.92 Å². The first-order valence-corrected chi connectivity index (χ1v) is 5.40. The first kappa shape index (κ1) is 11.0. The van der Waals surface area contributed by atoms with Crippen LogP contribution in [0.25, 0.3) is 0 Å². The summed E-state index contributed by atoms with van der Waals surface area (Å²) in [7, 11) is 0. The first-order chi connectivity index (χ1) is 6.33. The van der Waals surface area contributed by atoms with Crippen molar-refractivity contribution < 1.29 is 5.11 Å². The molecule has 1 rings (SSSR count). The van der Waals surface area contributed by atoms with E-state index < -0.39 is 0 Å². The highest BCUT2D eigenvalue weighted by Crippen LogP contribution is 2.26. The highest BCUT2D eigenvalue weighted by molar-refractivity contribution is 4.69. The molecule has 0 saturated heterocycles. The molecule has 1 fully saturated rings. The maximum Gasteiger partial charge on any atom is 0.0594 e. The minimum absolute atomic E-state index is 0.0798. The van der Waals surface area contributed by atoms with Crippen molar-refractivity contribution in [3.63, 3.8) is 0 Å². The average molecular weight is 186 g/mol. The molecule has 0 heterocycles. The summed E-state index contributed by atoms with van der Waals surface area (Å²) in [6, 6.07) is -0.0939. The summed E-state index contributed by atoms with van der Waals surface area (Å²) < 4.78 is 0. The molecule has 1 aliphatic rings. The van der Waals surface area contributed by atoms with Gasteiger partial charge in [-0.2, -0.15) is 0 Å². The monoisotopic (exact) mass is 186 g/mol. The van der Waals surface area contributed by atoms with Gasteiger partial charge in [-0.15, -0.1) is 0 Å². The molecule has 4 N–H and O–H groups in total. The fourth-order valence-corrected chi connectivity index (χ4v) is 1.96. The second-order valence-electron chi connectivity index (χ2n) is 4.09. The van der Waals surface area contributed by atoms with Crippen molar-refractivity contribution in [2.75, 3.05) is 19.7 Å². The first-order valence-electron chi connectivity index (χ1n) is 5.40. The lowest BCUT2D eigenvalue weighted by Crippen LogP contribution is -2.37. The smallest absolute Gasteiger partial charge is 0.0594 e. The number of nitrogens with two attached hydrogens (primary N) is 1. The Hall–Kier alpha value is -0.120. The van der Waals surface area contributed by atoms with E-state index in [0.717, 1.165) is 19.0 Å². The van der Waals surface area contributed by atoms with Crippen LogP contribution in [-0.4, -0.2) is 30.8 Å². The van der Waals surface area contributed by atoms with Crippen LogP contribution in [0.4, 0.5) is 0 Å². The number of aliphatic hydroxyl groups excluding tert-OH is 1. The largest absolute Gasteiger partial charge is 0.395 e. The molecule has 0 spiro atoms. The summed E-state index contributed by atoms with van der Waals surface area (Å²) in [4.78, 5) is 0. The van der Waals surface area contributed by atoms with E-state index in [1.807, 2.05) is 0 Å². The lowest BCUT2D eigenvalue weighted by molar-refractivity contribution is 0.261. The van der Waals surface area contributed by atoms with Gasteiger partial charge in [0.15, 0.2) is 0 Å². The highest BCUT2D eigenvalue weighted by Gasteiger charge is 2.13. The van der Waals surface area contributed by atoms with Crippen molar-refractivity contribution in [3.05, 3.63) is 0 Å². The van der Waals surface area contributed by atoms with E-state index in [1.54, 1.807) is 0 Å². The Morgan fingerprint density at radius 3 is 2.69 bits per heavy atom. The molecule has 1 aliphatic carbocycles. The van der Waals surface area contributed by atoms with E-state index in [1.165, 1.54) is 32.1 Å². The fourth-order valence-electron chi connectivity index (χ4n) is 1.96. The Morgan fingerprint density at radius 1 is 1.38 bits per heavy atom. The van der Waals surface area contributed by atoms with Gasteiger partial charge in [-0.3, -0.25) is 0 Å². The molecule has 0 bridgehead atoms. The van der Waals surface area contributed by atoms with Crippen molar-refractivity contribution in [3.8, 4) is 0 Å². The predicted octanol–water partition coefficient (Wildman–Crippen LogP) is 0.476. The van der Waals surface area contributed by atoms with Gasteiger partial charge in [0.1, 0.15) is 0 Å². The number of hydrogen-bond acceptors (Lipinski definition) is 3. The Morgan fingerprint density at radius 2 is 2.08 bits per heavy atom. The van der Waals surface area contributed by atoms with Crippen molar-refractivity contribution >= 4 is 0 Å². The van der Waals surface area contributed by atoms with E-state index in [4.69, 9.17) is 10.8 Å². The van der Waals surface area contributed by atoms with Crippen LogP contribution < -0.4 is 11.1 Å². The van der Waals surface area contributed by atoms with Gasteiger partial charge in [-0.1, -0.05) is 25.7 Å². The second-order valence-corrected chi connectivity index (χ2v) is 4.09. The van der Waals surface area contributed by atoms with Gasteiger partial charge in [0.05, 0.1) is 6.61 Å². The third kappa shape index (κ3) is 4.60. The summed E-state index contributed by atoms with van der Waals surface area (Å²) >= 11 is 0. The van der Waals surface area contributed by atoms with E-state index >= 15 is 0 Å². The topological polar surface area (TPSA) is 58.3 Å². The normalized spacial score (nSPS) is 20.8. The Bertz CT molecular complexity index is 124. The second kappa shape index (κ2) is 6.35. The molecular formula is C10H22N2O. The van der Waals surface area contributed by atoms with Crippen LogP contribution in [0.5, 0.6) is 0 Å². The number of aliphatic hydroxyl groups is 1. The third-order valence-electron chi connectivity index (χ3n) is 2.85. The molecule has 0 radical (unpaired) electrons. The van der Waals surface area contributed by atoms with Crippen molar-refractivity contribution in [1.82, 2.24) is 5.32 Å². The summed E-state index contributed by atoms with van der Waals surface area (Å²) in [5.41, 5.74) is 5.55. The zero-order valence-corrected chi connectivity index (χ0v) is 8.34. The minimum atomic E-state index is -0.0939. The summed E-state index contributed by atoms with van der Waals surface area (Å²) in [6.07, 6.45) is 6.93. The molecular weight excluding hydrogens is 164 g/mol. The molecule has 0 aliphatic heterocycles. The third-order valence-corrected chi connectivity index (χ3v) is 2.85. The number of hydrogen-bond donors (Lipinski definition) is 3. The van der Waals surface area contributed by atoms with Crippen LogP contribution >= 0.6 is 0 Å². The lowest BCUT2D eigenvalue weighted by Gasteiger charge is -2.12. The van der Waals surface area contributed by atoms with Crippen LogP contribution in [-0.2, 0) is 0 Å². The molecule has 1 atom stereocenters. The van der Waals surface area contributed by atoms with Gasteiger partial charge in [-0.25, -0.2) is 0 Å². The van der Waals surface area contributed by atoms with E-state index in [0.29, 0.717) is 0 Å². The molecule has 3 nitrogen and oxygen atoms in total. The number of rotatable bonds is 6. The van der Waals surface area contributed by atoms with Gasteiger partial charge >= 0.3 is 0 Å². The molecule has 1 saturated carbocycles. The highest BCUT2D eigenvalue weighted by atomic mass is 16.3. The minimum Gasteiger partial charge on any atom is -0.395 e. The predicted molar refractivity (Wildman–Crippen MR) is 54.5 cm³/mol. The Balaban J connectivity index is 1.88. The molecule has 0 aromatic heterocycles. The van der Waals surface area contributed by atoms with Crippen molar-refractivity contribution in [2.24, 2.45) is 11.7 Å². The van der Waals surface area contributed by atoms with Gasteiger partial charge in [0.25, 0.3) is 0 Å². The van der Waals surface area contributed by atoms with Crippen LogP contribution in [0.3, 0.4) is 0 Å².